The quantitative estimate of drug-likeness (QED) is 0.539. The summed E-state index contributed by atoms with van der Waals surface area (Å²) in [6.07, 6.45) is 4.51. The van der Waals surface area contributed by atoms with Gasteiger partial charge >= 0.3 is 11.9 Å². The van der Waals surface area contributed by atoms with Gasteiger partial charge in [-0.05, 0) is 64.4 Å². The van der Waals surface area contributed by atoms with Gasteiger partial charge in [0.25, 0.3) is 0 Å². The molecule has 5 heteroatoms. The third-order valence-corrected chi connectivity index (χ3v) is 7.49. The summed E-state index contributed by atoms with van der Waals surface area (Å²) in [4.78, 5) is 37.8. The molecule has 1 heterocycles. The van der Waals surface area contributed by atoms with E-state index >= 15 is 0 Å². The molecule has 3 aliphatic rings. The van der Waals surface area contributed by atoms with Gasteiger partial charge in [0.1, 0.15) is 0 Å². The minimum absolute atomic E-state index is 0.206. The van der Waals surface area contributed by atoms with E-state index in [0.29, 0.717) is 25.2 Å². The smallest absolute Gasteiger partial charge is 0.352 e. The molecular formula is C22H30O5. The summed E-state index contributed by atoms with van der Waals surface area (Å²) >= 11 is 0. The van der Waals surface area contributed by atoms with E-state index in [1.807, 2.05) is 33.8 Å². The van der Waals surface area contributed by atoms with Gasteiger partial charge in [-0.2, -0.15) is 0 Å². The SMILES string of the molecule is C=C(C)[C@H]1CC=C([C@@H](OC(=O)[C@@]23CC[C@@](C)(C(=O)O2)C3(C)C)C(C)=O)CC1. The molecule has 1 saturated heterocycles. The Hall–Kier alpha value is -1.91. The lowest BCUT2D eigenvalue weighted by Gasteiger charge is -2.36. The number of ether oxygens (including phenoxy) is 2. The average Bonchev–Trinajstić information content (AvgIpc) is 2.89. The summed E-state index contributed by atoms with van der Waals surface area (Å²) in [6, 6.07) is 0. The van der Waals surface area contributed by atoms with Crippen molar-refractivity contribution >= 4 is 17.7 Å². The predicted molar refractivity (Wildman–Crippen MR) is 101 cm³/mol. The lowest BCUT2D eigenvalue weighted by atomic mass is 9.66. The normalized spacial score (nSPS) is 35.2. The third kappa shape index (κ3) is 2.69. The molecule has 0 spiro atoms. The van der Waals surface area contributed by atoms with E-state index in [-0.39, 0.29) is 11.8 Å². The van der Waals surface area contributed by atoms with E-state index in [0.717, 1.165) is 24.0 Å². The molecule has 0 aromatic carbocycles. The number of fused-ring (bicyclic) bond motifs is 2. The number of hydrogen-bond donors (Lipinski definition) is 0. The lowest BCUT2D eigenvalue weighted by molar-refractivity contribution is -0.186. The summed E-state index contributed by atoms with van der Waals surface area (Å²) in [5, 5.41) is 0. The fraction of sp³-hybridized carbons (Fsp3) is 0.682. The van der Waals surface area contributed by atoms with Crippen LogP contribution < -0.4 is 0 Å². The van der Waals surface area contributed by atoms with E-state index in [9.17, 15) is 14.4 Å². The van der Waals surface area contributed by atoms with Crippen LogP contribution in [-0.2, 0) is 23.9 Å². The van der Waals surface area contributed by atoms with Crippen LogP contribution in [0.4, 0.5) is 0 Å². The van der Waals surface area contributed by atoms with Crippen LogP contribution in [-0.4, -0.2) is 29.4 Å². The third-order valence-electron chi connectivity index (χ3n) is 7.49. The van der Waals surface area contributed by atoms with Gasteiger partial charge in [0.05, 0.1) is 5.41 Å². The van der Waals surface area contributed by atoms with Crippen LogP contribution in [0.15, 0.2) is 23.8 Å². The van der Waals surface area contributed by atoms with Crippen LogP contribution in [0.25, 0.3) is 0 Å². The Labute approximate surface area is 161 Å². The Morgan fingerprint density at radius 3 is 2.33 bits per heavy atom. The molecule has 0 radical (unpaired) electrons. The molecule has 3 rings (SSSR count). The zero-order valence-electron chi connectivity index (χ0n) is 17.0. The van der Waals surface area contributed by atoms with Crippen molar-refractivity contribution in [1.82, 2.24) is 0 Å². The number of Topliss-reactive ketones (excluding diaryl/α,β-unsaturated/α-hetero) is 1. The van der Waals surface area contributed by atoms with Gasteiger partial charge in [0.15, 0.2) is 11.9 Å². The number of carbonyl (C=O) groups excluding carboxylic acids is 3. The highest BCUT2D eigenvalue weighted by molar-refractivity contribution is 5.95. The molecule has 148 valence electrons. The van der Waals surface area contributed by atoms with Gasteiger partial charge in [0.2, 0.25) is 5.60 Å². The number of carbonyl (C=O) groups is 3. The van der Waals surface area contributed by atoms with Crippen LogP contribution in [0.1, 0.15) is 66.7 Å². The summed E-state index contributed by atoms with van der Waals surface area (Å²) in [7, 11) is 0. The van der Waals surface area contributed by atoms with Crippen molar-refractivity contribution < 1.29 is 23.9 Å². The fourth-order valence-corrected chi connectivity index (χ4v) is 4.86. The Bertz CT molecular complexity index is 746. The first-order valence-electron chi connectivity index (χ1n) is 9.75. The average molecular weight is 374 g/mol. The van der Waals surface area contributed by atoms with Gasteiger partial charge < -0.3 is 9.47 Å². The van der Waals surface area contributed by atoms with Gasteiger partial charge in [0, 0.05) is 5.41 Å². The zero-order valence-corrected chi connectivity index (χ0v) is 17.0. The standard InChI is InChI=1S/C22H30O5/c1-13(2)15-7-9-16(10-8-15)17(14(3)23)26-19(25)22-12-11-21(6,18(24)27-22)20(22,4)5/h9,15,17H,1,7-8,10-12H2,2-6H3/t15-,17-,21-,22+/m0/s1. The zero-order chi connectivity index (χ0) is 20.2. The van der Waals surface area contributed by atoms with Gasteiger partial charge in [-0.15, -0.1) is 0 Å². The van der Waals surface area contributed by atoms with E-state index in [4.69, 9.17) is 9.47 Å². The van der Waals surface area contributed by atoms with Crippen molar-refractivity contribution in [3.8, 4) is 0 Å². The van der Waals surface area contributed by atoms with Crippen molar-refractivity contribution in [2.45, 2.75) is 78.4 Å². The second kappa shape index (κ2) is 6.32. The molecule has 0 aromatic rings. The maximum atomic E-state index is 13.2. The Morgan fingerprint density at radius 1 is 1.26 bits per heavy atom. The van der Waals surface area contributed by atoms with Crippen molar-refractivity contribution in [3.63, 3.8) is 0 Å². The van der Waals surface area contributed by atoms with Crippen LogP contribution in [0.3, 0.4) is 0 Å². The van der Waals surface area contributed by atoms with Crippen LogP contribution in [0.5, 0.6) is 0 Å². The molecule has 0 N–H and O–H groups in total. The first kappa shape index (κ1) is 19.8. The second-order valence-electron chi connectivity index (χ2n) is 9.17. The summed E-state index contributed by atoms with van der Waals surface area (Å²) in [6.45, 7) is 13.1. The molecule has 2 fully saturated rings. The molecule has 27 heavy (non-hydrogen) atoms. The first-order valence-corrected chi connectivity index (χ1v) is 9.75. The number of esters is 2. The largest absolute Gasteiger partial charge is 0.447 e. The summed E-state index contributed by atoms with van der Waals surface area (Å²) in [5.74, 6) is -0.745. The van der Waals surface area contributed by atoms with Crippen molar-refractivity contribution in [2.24, 2.45) is 16.7 Å². The maximum Gasteiger partial charge on any atom is 0.352 e. The first-order chi connectivity index (χ1) is 12.5. The van der Waals surface area contributed by atoms with E-state index in [1.54, 1.807) is 0 Å². The highest BCUT2D eigenvalue weighted by Gasteiger charge is 2.76. The predicted octanol–water partition coefficient (Wildman–Crippen LogP) is 3.91. The Balaban J connectivity index is 1.83. The maximum absolute atomic E-state index is 13.2. The highest BCUT2D eigenvalue weighted by atomic mass is 16.6. The second-order valence-corrected chi connectivity index (χ2v) is 9.17. The van der Waals surface area contributed by atoms with Crippen LogP contribution in [0, 0.1) is 16.7 Å². The number of allylic oxidation sites excluding steroid dienone is 2. The molecular weight excluding hydrogens is 344 g/mol. The van der Waals surface area contributed by atoms with Crippen molar-refractivity contribution in [1.29, 1.82) is 0 Å². The summed E-state index contributed by atoms with van der Waals surface area (Å²) in [5.41, 5.74) is -0.710. The fourth-order valence-electron chi connectivity index (χ4n) is 4.86. The van der Waals surface area contributed by atoms with Crippen molar-refractivity contribution in [3.05, 3.63) is 23.8 Å². The Kier molecular flexibility index (Phi) is 4.64. The molecule has 4 atom stereocenters. The van der Waals surface area contributed by atoms with Crippen molar-refractivity contribution in [2.75, 3.05) is 0 Å². The van der Waals surface area contributed by atoms with Crippen LogP contribution in [0.2, 0.25) is 0 Å². The number of rotatable bonds is 5. The number of ketones is 1. The van der Waals surface area contributed by atoms with E-state index in [1.165, 1.54) is 6.92 Å². The molecule has 0 amide bonds. The lowest BCUT2D eigenvalue weighted by Crippen LogP contribution is -2.50. The molecule has 5 nitrogen and oxygen atoms in total. The Morgan fingerprint density at radius 2 is 1.93 bits per heavy atom. The topological polar surface area (TPSA) is 69.7 Å². The monoisotopic (exact) mass is 374 g/mol. The van der Waals surface area contributed by atoms with Gasteiger partial charge in [-0.1, -0.05) is 32.1 Å². The van der Waals surface area contributed by atoms with E-state index in [2.05, 4.69) is 6.58 Å². The molecule has 2 bridgehead atoms. The van der Waals surface area contributed by atoms with Crippen LogP contribution >= 0.6 is 0 Å². The molecule has 0 aromatic heterocycles. The number of hydrogen-bond acceptors (Lipinski definition) is 5. The van der Waals surface area contributed by atoms with Gasteiger partial charge in [-0.3, -0.25) is 9.59 Å². The minimum Gasteiger partial charge on any atom is -0.447 e. The van der Waals surface area contributed by atoms with Gasteiger partial charge in [-0.25, -0.2) is 4.79 Å². The molecule has 1 aliphatic heterocycles. The summed E-state index contributed by atoms with van der Waals surface area (Å²) < 4.78 is 11.3. The molecule has 0 unspecified atom stereocenters. The highest BCUT2D eigenvalue weighted by Crippen LogP contribution is 2.65. The molecule has 2 aliphatic carbocycles. The molecule has 1 saturated carbocycles. The van der Waals surface area contributed by atoms with E-state index < -0.39 is 28.5 Å². The minimum atomic E-state index is -1.30.